The molecule has 0 heterocycles. The first-order valence-electron chi connectivity index (χ1n) is 4.76. The van der Waals surface area contributed by atoms with Gasteiger partial charge in [-0.15, -0.1) is 0 Å². The molecular formula is C11H13NO3. The molecule has 0 radical (unpaired) electrons. The molecule has 0 saturated heterocycles. The lowest BCUT2D eigenvalue weighted by atomic mass is 10.1. The van der Waals surface area contributed by atoms with E-state index in [4.69, 9.17) is 14.7 Å². The van der Waals surface area contributed by atoms with Crippen molar-refractivity contribution in [3.63, 3.8) is 0 Å². The van der Waals surface area contributed by atoms with Gasteiger partial charge in [-0.3, -0.25) is 0 Å². The van der Waals surface area contributed by atoms with Gasteiger partial charge in [0, 0.05) is 5.56 Å². The molecular weight excluding hydrogens is 194 g/mol. The van der Waals surface area contributed by atoms with Crippen LogP contribution in [0.1, 0.15) is 17.5 Å². The van der Waals surface area contributed by atoms with Crippen LogP contribution in [0.25, 0.3) is 0 Å². The van der Waals surface area contributed by atoms with Gasteiger partial charge in [0.15, 0.2) is 11.5 Å². The fourth-order valence-electron chi connectivity index (χ4n) is 1.89. The molecule has 1 N–H and O–H groups in total. The van der Waals surface area contributed by atoms with Gasteiger partial charge in [0.1, 0.15) is 0 Å². The molecule has 1 aliphatic carbocycles. The van der Waals surface area contributed by atoms with Crippen molar-refractivity contribution >= 4 is 5.71 Å². The Morgan fingerprint density at radius 1 is 1.13 bits per heavy atom. The van der Waals surface area contributed by atoms with Gasteiger partial charge < -0.3 is 14.7 Å². The largest absolute Gasteiger partial charge is 0.493 e. The second-order valence-corrected chi connectivity index (χ2v) is 3.41. The van der Waals surface area contributed by atoms with Crippen LogP contribution in [-0.4, -0.2) is 25.1 Å². The molecule has 4 heteroatoms. The number of rotatable bonds is 2. The third kappa shape index (κ3) is 1.52. The zero-order valence-corrected chi connectivity index (χ0v) is 8.78. The van der Waals surface area contributed by atoms with Crippen molar-refractivity contribution in [2.24, 2.45) is 5.16 Å². The van der Waals surface area contributed by atoms with Crippen molar-refractivity contribution in [2.45, 2.75) is 12.8 Å². The number of benzene rings is 1. The number of ether oxygens (including phenoxy) is 2. The van der Waals surface area contributed by atoms with Crippen LogP contribution in [-0.2, 0) is 6.42 Å². The fraction of sp³-hybridized carbons (Fsp3) is 0.364. The van der Waals surface area contributed by atoms with E-state index in [1.54, 1.807) is 14.2 Å². The molecule has 1 aliphatic rings. The average molecular weight is 207 g/mol. The molecule has 1 aromatic carbocycles. The summed E-state index contributed by atoms with van der Waals surface area (Å²) in [5, 5.41) is 12.1. The Hall–Kier alpha value is -1.71. The van der Waals surface area contributed by atoms with Gasteiger partial charge in [-0.1, -0.05) is 5.16 Å². The standard InChI is InChI=1S/C11H13NO3/c1-14-10-5-7-3-4-9(12-13)8(7)6-11(10)15-2/h5-6,13H,3-4H2,1-2H3/b12-9+. The zero-order chi connectivity index (χ0) is 10.8. The number of nitrogens with zero attached hydrogens (tertiary/aromatic N) is 1. The van der Waals surface area contributed by atoms with E-state index < -0.39 is 0 Å². The maximum atomic E-state index is 8.82. The van der Waals surface area contributed by atoms with Crippen LogP contribution in [0.4, 0.5) is 0 Å². The van der Waals surface area contributed by atoms with Crippen molar-refractivity contribution in [1.82, 2.24) is 0 Å². The van der Waals surface area contributed by atoms with E-state index in [0.29, 0.717) is 11.5 Å². The van der Waals surface area contributed by atoms with E-state index in [1.165, 1.54) is 0 Å². The molecule has 15 heavy (non-hydrogen) atoms. The van der Waals surface area contributed by atoms with E-state index in [1.807, 2.05) is 12.1 Å². The summed E-state index contributed by atoms with van der Waals surface area (Å²) in [7, 11) is 3.20. The molecule has 1 aromatic rings. The fourth-order valence-corrected chi connectivity index (χ4v) is 1.89. The smallest absolute Gasteiger partial charge is 0.161 e. The summed E-state index contributed by atoms with van der Waals surface area (Å²) in [6.07, 6.45) is 1.65. The van der Waals surface area contributed by atoms with Gasteiger partial charge in [-0.2, -0.15) is 0 Å². The molecule has 0 aromatic heterocycles. The minimum atomic E-state index is 0.666. The van der Waals surface area contributed by atoms with Crippen LogP contribution in [0.3, 0.4) is 0 Å². The quantitative estimate of drug-likeness (QED) is 0.594. The molecule has 0 bridgehead atoms. The summed E-state index contributed by atoms with van der Waals surface area (Å²) in [4.78, 5) is 0. The first kappa shape index (κ1) is 9.83. The Labute approximate surface area is 88.1 Å². The Morgan fingerprint density at radius 2 is 1.80 bits per heavy atom. The predicted molar refractivity (Wildman–Crippen MR) is 56.2 cm³/mol. The Morgan fingerprint density at radius 3 is 2.40 bits per heavy atom. The first-order valence-corrected chi connectivity index (χ1v) is 4.76. The van der Waals surface area contributed by atoms with Gasteiger partial charge in [0.2, 0.25) is 0 Å². The lowest BCUT2D eigenvalue weighted by Crippen LogP contribution is -1.97. The molecule has 0 fully saturated rings. The molecule has 0 spiro atoms. The van der Waals surface area contributed by atoms with Crippen LogP contribution in [0, 0.1) is 0 Å². The highest BCUT2D eigenvalue weighted by molar-refractivity contribution is 6.04. The molecule has 0 amide bonds. The van der Waals surface area contributed by atoms with Gasteiger partial charge in [0.25, 0.3) is 0 Å². The highest BCUT2D eigenvalue weighted by atomic mass is 16.5. The summed E-state index contributed by atoms with van der Waals surface area (Å²) >= 11 is 0. The van der Waals surface area contributed by atoms with E-state index in [2.05, 4.69) is 5.16 Å². The SMILES string of the molecule is COc1cc2c(cc1OC)/C(=N/O)CC2. The van der Waals surface area contributed by atoms with Crippen LogP contribution in [0.2, 0.25) is 0 Å². The maximum absolute atomic E-state index is 8.82. The molecule has 0 saturated carbocycles. The lowest BCUT2D eigenvalue weighted by Gasteiger charge is -2.09. The topological polar surface area (TPSA) is 51.0 Å². The number of methoxy groups -OCH3 is 2. The van der Waals surface area contributed by atoms with E-state index in [-0.39, 0.29) is 0 Å². The Bertz CT molecular complexity index is 413. The molecule has 4 nitrogen and oxygen atoms in total. The molecule has 0 atom stereocenters. The van der Waals surface area contributed by atoms with Crippen molar-refractivity contribution in [2.75, 3.05) is 14.2 Å². The summed E-state index contributed by atoms with van der Waals surface area (Å²) in [5.74, 6) is 1.38. The van der Waals surface area contributed by atoms with Crippen molar-refractivity contribution < 1.29 is 14.7 Å². The lowest BCUT2D eigenvalue weighted by molar-refractivity contribution is 0.318. The summed E-state index contributed by atoms with van der Waals surface area (Å²) in [6.45, 7) is 0. The monoisotopic (exact) mass is 207 g/mol. The third-order valence-corrected chi connectivity index (χ3v) is 2.67. The van der Waals surface area contributed by atoms with Crippen LogP contribution in [0.15, 0.2) is 17.3 Å². The van der Waals surface area contributed by atoms with Crippen molar-refractivity contribution in [3.8, 4) is 11.5 Å². The summed E-state index contributed by atoms with van der Waals surface area (Å²) in [6, 6.07) is 3.79. The minimum absolute atomic E-state index is 0.666. The van der Waals surface area contributed by atoms with Gasteiger partial charge in [0.05, 0.1) is 19.9 Å². The van der Waals surface area contributed by atoms with Crippen molar-refractivity contribution in [1.29, 1.82) is 0 Å². The average Bonchev–Trinajstić information content (AvgIpc) is 2.68. The number of oxime groups is 1. The molecule has 0 aliphatic heterocycles. The van der Waals surface area contributed by atoms with Gasteiger partial charge in [-0.05, 0) is 30.5 Å². The van der Waals surface area contributed by atoms with Crippen molar-refractivity contribution in [3.05, 3.63) is 23.3 Å². The van der Waals surface area contributed by atoms with Gasteiger partial charge >= 0.3 is 0 Å². The zero-order valence-electron chi connectivity index (χ0n) is 8.78. The Balaban J connectivity index is 2.54. The second kappa shape index (κ2) is 3.81. The third-order valence-electron chi connectivity index (χ3n) is 2.67. The highest BCUT2D eigenvalue weighted by Gasteiger charge is 2.21. The number of hydrogen-bond donors (Lipinski definition) is 1. The second-order valence-electron chi connectivity index (χ2n) is 3.41. The van der Waals surface area contributed by atoms with Crippen LogP contribution < -0.4 is 9.47 Å². The van der Waals surface area contributed by atoms with Gasteiger partial charge in [-0.25, -0.2) is 0 Å². The normalized spacial score (nSPS) is 16.5. The van der Waals surface area contributed by atoms with Crippen LogP contribution in [0.5, 0.6) is 11.5 Å². The number of fused-ring (bicyclic) bond motifs is 1. The summed E-state index contributed by atoms with van der Waals surface area (Å²) < 4.78 is 10.4. The van der Waals surface area contributed by atoms with Crippen LogP contribution >= 0.6 is 0 Å². The summed E-state index contributed by atoms with van der Waals surface area (Å²) in [5.41, 5.74) is 2.81. The molecule has 80 valence electrons. The highest BCUT2D eigenvalue weighted by Crippen LogP contribution is 2.34. The number of hydrogen-bond acceptors (Lipinski definition) is 4. The van der Waals surface area contributed by atoms with E-state index >= 15 is 0 Å². The van der Waals surface area contributed by atoms with E-state index in [0.717, 1.165) is 29.7 Å². The van der Waals surface area contributed by atoms with E-state index in [9.17, 15) is 0 Å². The molecule has 0 unspecified atom stereocenters. The minimum Gasteiger partial charge on any atom is -0.493 e. The predicted octanol–water partition coefficient (Wildman–Crippen LogP) is 1.83. The Kier molecular flexibility index (Phi) is 2.49. The maximum Gasteiger partial charge on any atom is 0.161 e. The number of aryl methyl sites for hydroxylation is 1. The molecule has 2 rings (SSSR count). The first-order chi connectivity index (χ1) is 7.30.